The maximum atomic E-state index is 12.2. The van der Waals surface area contributed by atoms with Gasteiger partial charge in [0.15, 0.2) is 0 Å². The van der Waals surface area contributed by atoms with E-state index in [0.29, 0.717) is 11.1 Å². The molecule has 6 unspecified atom stereocenters. The summed E-state index contributed by atoms with van der Waals surface area (Å²) in [6, 6.07) is 6.15. The fraction of sp³-hybridized carbons (Fsp3) is 0.619. The summed E-state index contributed by atoms with van der Waals surface area (Å²) in [7, 11) is 0. The van der Waals surface area contributed by atoms with Crippen LogP contribution in [0.2, 0.25) is 0 Å². The van der Waals surface area contributed by atoms with Crippen LogP contribution in [0.15, 0.2) is 6.07 Å². The van der Waals surface area contributed by atoms with Crippen molar-refractivity contribution in [3.8, 4) is 5.75 Å². The number of rotatable bonds is 8. The molecule has 1 aromatic rings. The number of aliphatic hydroxyl groups is 4. The molecule has 2 rings (SSSR count). The first-order valence-electron chi connectivity index (χ1n) is 9.88. The first-order chi connectivity index (χ1) is 14.4. The number of carboxylic acids is 1. The number of carbonyl (C=O) groups excluding carboxylic acids is 1. The molecule has 6 atom stereocenters. The predicted molar refractivity (Wildman–Crippen MR) is 106 cm³/mol. The van der Waals surface area contributed by atoms with E-state index < -0.39 is 61.1 Å². The maximum absolute atomic E-state index is 12.2. The van der Waals surface area contributed by atoms with Gasteiger partial charge in [0.25, 0.3) is 0 Å². The van der Waals surface area contributed by atoms with Crippen LogP contribution >= 0.6 is 0 Å². The third-order valence-corrected chi connectivity index (χ3v) is 5.13. The smallest absolute Gasteiger partial charge is 0.377 e. The molecule has 10 heteroatoms. The summed E-state index contributed by atoms with van der Waals surface area (Å²) >= 11 is 0. The highest BCUT2D eigenvalue weighted by Crippen LogP contribution is 2.36. The first kappa shape index (κ1) is 24.8. The number of hydrogen-bond donors (Lipinski definition) is 6. The van der Waals surface area contributed by atoms with Gasteiger partial charge in [-0.1, -0.05) is 26.0 Å². The van der Waals surface area contributed by atoms with Gasteiger partial charge in [0, 0.05) is 18.1 Å². The van der Waals surface area contributed by atoms with Crippen LogP contribution in [0.5, 0.6) is 5.75 Å². The van der Waals surface area contributed by atoms with Crippen LogP contribution in [0.25, 0.3) is 0 Å². The largest absolute Gasteiger partial charge is 0.476 e. The minimum Gasteiger partial charge on any atom is -0.476 e. The van der Waals surface area contributed by atoms with Crippen molar-refractivity contribution in [1.29, 1.82) is 0 Å². The van der Waals surface area contributed by atoms with Gasteiger partial charge in [0.1, 0.15) is 24.1 Å². The van der Waals surface area contributed by atoms with Crippen LogP contribution in [0.1, 0.15) is 44.2 Å². The number of nitrogens with one attached hydrogen (secondary N) is 1. The van der Waals surface area contributed by atoms with Gasteiger partial charge < -0.3 is 40.3 Å². The summed E-state index contributed by atoms with van der Waals surface area (Å²) in [5.74, 6) is -4.41. The van der Waals surface area contributed by atoms with Crippen molar-refractivity contribution in [3.05, 3.63) is 29.3 Å². The number of carbonyl (C=O) groups is 2. The maximum Gasteiger partial charge on any atom is 0.377 e. The van der Waals surface area contributed by atoms with E-state index in [1.165, 1.54) is 6.92 Å². The number of carboxylic acid groups (broad SMARTS) is 1. The zero-order chi connectivity index (χ0) is 23.5. The Hall–Kier alpha value is -2.42. The van der Waals surface area contributed by atoms with Crippen molar-refractivity contribution in [2.75, 3.05) is 6.61 Å². The van der Waals surface area contributed by atoms with Gasteiger partial charge in [0.2, 0.25) is 5.91 Å². The molecule has 1 amide bonds. The Morgan fingerprint density at radius 2 is 2.00 bits per heavy atom. The first-order valence-corrected chi connectivity index (χ1v) is 9.88. The molecule has 1 heterocycles. The Morgan fingerprint density at radius 1 is 1.35 bits per heavy atom. The molecule has 1 saturated heterocycles. The third-order valence-electron chi connectivity index (χ3n) is 5.13. The average Bonchev–Trinajstić information content (AvgIpc) is 2.69. The van der Waals surface area contributed by atoms with Crippen LogP contribution < -0.4 is 10.1 Å². The van der Waals surface area contributed by atoms with E-state index in [9.17, 15) is 35.1 Å². The highest BCUT2D eigenvalue weighted by molar-refractivity contribution is 5.77. The molecule has 1 fully saturated rings. The fourth-order valence-electron chi connectivity index (χ4n) is 3.34. The fourth-order valence-corrected chi connectivity index (χ4v) is 3.34. The standard InChI is InChI=1S/C21H29NO9/c1-10(2)13-6-5-11(3)16(7-13)30-21(20(28)29)8-14(25)17(22-12(4)24)19(31-21)18(27)15(26)9-23/h7,10,14-15,17-19,23,25-27H,8-9H2,1-4H3,(H,22,24)(H,28,29). The van der Waals surface area contributed by atoms with Crippen LogP contribution in [-0.4, -0.2) is 80.3 Å². The lowest BCUT2D eigenvalue weighted by atomic mass is 9.88. The van der Waals surface area contributed by atoms with E-state index in [0.717, 1.165) is 0 Å². The predicted octanol–water partition coefficient (Wildman–Crippen LogP) is -0.753. The minimum atomic E-state index is -2.44. The molecule has 1 aromatic carbocycles. The second kappa shape index (κ2) is 9.80. The molecule has 0 aromatic heterocycles. The van der Waals surface area contributed by atoms with Gasteiger partial charge in [-0.05, 0) is 18.9 Å². The third kappa shape index (κ3) is 5.44. The summed E-state index contributed by atoms with van der Waals surface area (Å²) in [5, 5.41) is 52.5. The van der Waals surface area contributed by atoms with E-state index >= 15 is 0 Å². The van der Waals surface area contributed by atoms with E-state index in [2.05, 4.69) is 17.4 Å². The lowest BCUT2D eigenvalue weighted by molar-refractivity contribution is -0.284. The van der Waals surface area contributed by atoms with Crippen LogP contribution in [-0.2, 0) is 14.3 Å². The summed E-state index contributed by atoms with van der Waals surface area (Å²) < 4.78 is 11.4. The number of hydrogen-bond acceptors (Lipinski definition) is 8. The topological polar surface area (TPSA) is 166 Å². The van der Waals surface area contributed by atoms with Gasteiger partial charge >= 0.3 is 11.8 Å². The van der Waals surface area contributed by atoms with Crippen LogP contribution in [0.3, 0.4) is 0 Å². The normalized spacial score (nSPS) is 27.8. The monoisotopic (exact) mass is 439 g/mol. The van der Waals surface area contributed by atoms with E-state index in [1.807, 2.05) is 13.8 Å². The molecule has 172 valence electrons. The highest BCUT2D eigenvalue weighted by atomic mass is 16.7. The molecule has 0 saturated carbocycles. The Labute approximate surface area is 180 Å². The SMILES string of the molecule is CC(=O)NC1C(O)CC(Oc2cc(C(C)C)c#cc2C)(C(=O)O)OC1C(O)C(O)CO. The van der Waals surface area contributed by atoms with Crippen LogP contribution in [0.4, 0.5) is 0 Å². The number of aliphatic hydroxyl groups excluding tert-OH is 4. The van der Waals surface area contributed by atoms with Crippen molar-refractivity contribution in [2.24, 2.45) is 0 Å². The van der Waals surface area contributed by atoms with Crippen molar-refractivity contribution >= 4 is 11.9 Å². The summed E-state index contributed by atoms with van der Waals surface area (Å²) in [5.41, 5.74) is 1.15. The van der Waals surface area contributed by atoms with Gasteiger partial charge in [-0.25, -0.2) is 4.79 Å². The Balaban J connectivity index is 2.48. The lowest BCUT2D eigenvalue weighted by Gasteiger charge is -2.46. The molecule has 0 bridgehead atoms. The van der Waals surface area contributed by atoms with E-state index in [1.54, 1.807) is 13.0 Å². The second-order valence-corrected chi connectivity index (χ2v) is 7.97. The highest BCUT2D eigenvalue weighted by Gasteiger charge is 2.56. The van der Waals surface area contributed by atoms with Gasteiger partial charge in [-0.15, -0.1) is 0 Å². The van der Waals surface area contributed by atoms with Gasteiger partial charge in [-0.2, -0.15) is 0 Å². The van der Waals surface area contributed by atoms with E-state index in [4.69, 9.17) is 9.47 Å². The minimum absolute atomic E-state index is 0.0521. The molecule has 10 nitrogen and oxygen atoms in total. The van der Waals surface area contributed by atoms with E-state index in [-0.39, 0.29) is 11.7 Å². The zero-order valence-electron chi connectivity index (χ0n) is 17.8. The summed E-state index contributed by atoms with van der Waals surface area (Å²) in [6.07, 6.45) is -7.24. The Kier molecular flexibility index (Phi) is 7.86. The molecular weight excluding hydrogens is 410 g/mol. The molecule has 1 aliphatic rings. The number of ether oxygens (including phenoxy) is 2. The van der Waals surface area contributed by atoms with Crippen molar-refractivity contribution < 1.29 is 44.6 Å². The van der Waals surface area contributed by atoms with Gasteiger partial charge in [0.05, 0.1) is 25.2 Å². The molecule has 0 aliphatic carbocycles. The second-order valence-electron chi connectivity index (χ2n) is 7.97. The summed E-state index contributed by atoms with van der Waals surface area (Å²) in [4.78, 5) is 23.8. The quantitative estimate of drug-likeness (QED) is 0.305. The summed E-state index contributed by atoms with van der Waals surface area (Å²) in [6.45, 7) is 5.76. The molecule has 6 N–H and O–H groups in total. The molecule has 1 aliphatic heterocycles. The molecule has 31 heavy (non-hydrogen) atoms. The van der Waals surface area contributed by atoms with Crippen molar-refractivity contribution in [3.63, 3.8) is 0 Å². The van der Waals surface area contributed by atoms with Crippen molar-refractivity contribution in [1.82, 2.24) is 5.32 Å². The number of amides is 1. The Morgan fingerprint density at radius 3 is 2.52 bits per heavy atom. The Bertz CT molecular complexity index is 799. The molecule has 0 spiro atoms. The average molecular weight is 439 g/mol. The number of aliphatic carboxylic acids is 1. The van der Waals surface area contributed by atoms with Crippen molar-refractivity contribution in [2.45, 2.75) is 76.3 Å². The zero-order valence-corrected chi connectivity index (χ0v) is 17.8. The van der Waals surface area contributed by atoms with Gasteiger partial charge in [-0.3, -0.25) is 4.79 Å². The lowest BCUT2D eigenvalue weighted by Crippen LogP contribution is -2.68. The molecule has 0 radical (unpaired) electrons. The molecular formula is C21H29NO9. The van der Waals surface area contributed by atoms with Crippen LogP contribution in [0, 0.1) is 19.1 Å².